The maximum Gasteiger partial charge on any atom is 0.329 e. The molecule has 25 heteroatoms. The van der Waals surface area contributed by atoms with Gasteiger partial charge < -0.3 is 36.5 Å². The molecule has 2 aromatic rings. The topological polar surface area (TPSA) is 246 Å². The molecule has 0 aliphatic heterocycles. The number of carbonyl (C=O) groups excluding carboxylic acids is 5. The molecule has 0 fully saturated rings. The van der Waals surface area contributed by atoms with Crippen LogP contribution in [0.3, 0.4) is 0 Å². The zero-order chi connectivity index (χ0) is 46.0. The van der Waals surface area contributed by atoms with Crippen molar-refractivity contribution in [3.8, 4) is 0 Å². The zero-order valence-electron chi connectivity index (χ0n) is 32.8. The first kappa shape index (κ1) is 55.0. The second kappa shape index (κ2) is 26.5. The van der Waals surface area contributed by atoms with Gasteiger partial charge in [-0.2, -0.15) is 0 Å². The highest BCUT2D eigenvalue weighted by Gasteiger charge is 2.33. The van der Waals surface area contributed by atoms with Gasteiger partial charge in [-0.1, -0.05) is 70.7 Å². The maximum atomic E-state index is 13.8. The molecule has 3 amide bonds. The smallest absolute Gasteiger partial charge is 0.329 e. The molecule has 0 aliphatic rings. The van der Waals surface area contributed by atoms with Crippen molar-refractivity contribution in [2.75, 3.05) is 51.0 Å². The molecule has 0 aliphatic carbocycles. The van der Waals surface area contributed by atoms with Crippen LogP contribution in [0.25, 0.3) is 0 Å². The van der Waals surface area contributed by atoms with Crippen LogP contribution in [0.5, 0.6) is 0 Å². The van der Waals surface area contributed by atoms with E-state index in [1.54, 1.807) is 7.05 Å². The van der Waals surface area contributed by atoms with Crippen molar-refractivity contribution in [1.82, 2.24) is 21.3 Å². The molecule has 60 heavy (non-hydrogen) atoms. The lowest BCUT2D eigenvalue weighted by Crippen LogP contribution is -2.48. The monoisotopic (exact) mass is 987 g/mol. The number of alkyl halides is 6. The number of halogens is 6. The van der Waals surface area contributed by atoms with Gasteiger partial charge in [-0.25, -0.2) is 30.4 Å². The molecule has 0 spiro atoms. The molecule has 0 unspecified atom stereocenters. The molecule has 6 N–H and O–H groups in total. The van der Waals surface area contributed by atoms with Crippen molar-refractivity contribution < 1.29 is 59.1 Å². The predicted molar refractivity (Wildman–Crippen MR) is 226 cm³/mol. The van der Waals surface area contributed by atoms with Crippen LogP contribution in [0.1, 0.15) is 37.2 Å². The summed E-state index contributed by atoms with van der Waals surface area (Å²) >= 11 is 23.3. The van der Waals surface area contributed by atoms with Crippen LogP contribution >= 0.6 is 58.2 Å². The predicted octanol–water partition coefficient (Wildman–Crippen LogP) is 2.67. The molecule has 2 aromatic carbocycles. The highest BCUT2D eigenvalue weighted by Crippen LogP contribution is 2.27. The average molecular weight is 990 g/mol. The Labute approximate surface area is 371 Å². The van der Waals surface area contributed by atoms with Gasteiger partial charge in [0.2, 0.25) is 5.91 Å². The summed E-state index contributed by atoms with van der Waals surface area (Å²) in [7, 11) is -5.16. The fraction of sp³-hybridized carbons (Fsp3) is 0.514. The van der Waals surface area contributed by atoms with E-state index in [1.807, 2.05) is 0 Å². The zero-order valence-corrected chi connectivity index (χ0v) is 38.3. The fourth-order valence-corrected chi connectivity index (χ4v) is 6.83. The molecular weight excluding hydrogens is 942 g/mol. The van der Waals surface area contributed by atoms with Crippen molar-refractivity contribution in [1.29, 1.82) is 0 Å². The summed E-state index contributed by atoms with van der Waals surface area (Å²) in [6, 6.07) is 5.89. The van der Waals surface area contributed by atoms with E-state index < -0.39 is 109 Å². The lowest BCUT2D eigenvalue weighted by molar-refractivity contribution is -0.155. The number of nitrogens with two attached hydrogens (primary N) is 1. The summed E-state index contributed by atoms with van der Waals surface area (Å²) in [4.78, 5) is 57.2. The number of thioether (sulfide) groups is 1. The summed E-state index contributed by atoms with van der Waals surface area (Å²) in [5.74, 6) is -3.22. The third-order valence-corrected chi connectivity index (χ3v) is 11.7. The van der Waals surface area contributed by atoms with Crippen molar-refractivity contribution in [2.45, 2.75) is 69.7 Å². The van der Waals surface area contributed by atoms with E-state index in [0.29, 0.717) is 17.9 Å². The molecule has 338 valence electrons. The van der Waals surface area contributed by atoms with E-state index in [-0.39, 0.29) is 21.1 Å². The molecule has 0 saturated carbocycles. The van der Waals surface area contributed by atoms with Gasteiger partial charge in [0, 0.05) is 24.8 Å². The summed E-state index contributed by atoms with van der Waals surface area (Å²) in [5, 5.41) is 9.81. The van der Waals surface area contributed by atoms with Gasteiger partial charge in [0.1, 0.15) is 31.6 Å². The Hall–Kier alpha value is -3.02. The second-order valence-electron chi connectivity index (χ2n) is 12.8. The number of rotatable bonds is 22. The SMILES string of the molecule is CNCCSCC(=O)O[C@H](c1ccc(S(C)(=O)=O)cc1)[C@@H](CF)NC(=O)C(Cl)Cl.C[C@H](N)C(=O)N[C@@H](C)C(=O)O[C@H](c1ccc(S(C)(=O)=O)cc1)[C@@H](CF)NC(=O)C(Cl)Cl. The standard InChI is InChI=1S/C18H24Cl2FN3O6S.C17H23Cl2FN2O5S2/c1-9(22)16(25)23-10(2)18(27)30-14(13(8-21)24-17(26)15(19)20)11-4-6-12(7-5-11)31(3,28)29;1-21-7-8-28-10-14(23)27-15(13(9-20)22-17(24)16(18)19)11-3-5-12(6-4-11)29(2,25)26/h4-7,9-10,13-15H,8,22H2,1-3H3,(H,23,25)(H,24,26);3-6,13,15-16,21H,7-10H2,1-2H3,(H,22,24)/t9-,10-,13+,14+;13-,15-/m01/s1. The number of esters is 2. The molecule has 2 rings (SSSR count). The molecule has 0 aromatic heterocycles. The average Bonchev–Trinajstić information content (AvgIpc) is 3.18. The highest BCUT2D eigenvalue weighted by molar-refractivity contribution is 7.99. The third kappa shape index (κ3) is 19.4. The summed E-state index contributed by atoms with van der Waals surface area (Å²) in [5.41, 5.74) is 5.95. The number of sulfone groups is 2. The van der Waals surface area contributed by atoms with Gasteiger partial charge in [0.25, 0.3) is 11.8 Å². The summed E-state index contributed by atoms with van der Waals surface area (Å²) in [6.07, 6.45) is -0.513. The van der Waals surface area contributed by atoms with Crippen LogP contribution in [0.4, 0.5) is 8.78 Å². The van der Waals surface area contributed by atoms with Crippen LogP contribution in [0.15, 0.2) is 58.3 Å². The van der Waals surface area contributed by atoms with Crippen molar-refractivity contribution >= 4 is 108 Å². The molecular formula is C35H47Cl4F2N5O11S3. The van der Waals surface area contributed by atoms with Crippen molar-refractivity contribution in [2.24, 2.45) is 5.73 Å². The fourth-order valence-electron chi connectivity index (χ4n) is 4.59. The van der Waals surface area contributed by atoms with E-state index >= 15 is 0 Å². The molecule has 6 atom stereocenters. The Morgan fingerprint density at radius 2 is 1.10 bits per heavy atom. The van der Waals surface area contributed by atoms with E-state index in [1.165, 1.54) is 74.1 Å². The van der Waals surface area contributed by atoms with Gasteiger partial charge in [0.15, 0.2) is 29.3 Å². The van der Waals surface area contributed by atoms with Gasteiger partial charge in [0.05, 0.1) is 33.7 Å². The van der Waals surface area contributed by atoms with E-state index in [2.05, 4.69) is 21.3 Å². The van der Waals surface area contributed by atoms with Gasteiger partial charge in [-0.3, -0.25) is 19.2 Å². The Balaban J connectivity index is 0.000000601. The van der Waals surface area contributed by atoms with Crippen LogP contribution < -0.4 is 27.0 Å². The third-order valence-electron chi connectivity index (χ3n) is 7.73. The van der Waals surface area contributed by atoms with Crippen molar-refractivity contribution in [3.63, 3.8) is 0 Å². The van der Waals surface area contributed by atoms with Gasteiger partial charge in [-0.05, 0) is 56.3 Å². The lowest BCUT2D eigenvalue weighted by Gasteiger charge is -2.28. The first-order chi connectivity index (χ1) is 27.9. The summed E-state index contributed by atoms with van der Waals surface area (Å²) in [6.45, 7) is 1.22. The van der Waals surface area contributed by atoms with Crippen LogP contribution in [-0.2, 0) is 53.1 Å². The minimum absolute atomic E-state index is 0.0127. The normalized spacial score (nSPS) is 14.6. The Kier molecular flexibility index (Phi) is 24.2. The molecule has 0 saturated heterocycles. The summed E-state index contributed by atoms with van der Waals surface area (Å²) < 4.78 is 84.8. The van der Waals surface area contributed by atoms with Crippen LogP contribution in [0, 0.1) is 0 Å². The number of hydrogen-bond donors (Lipinski definition) is 5. The second-order valence-corrected chi connectivity index (χ2v) is 20.1. The Morgan fingerprint density at radius 1 is 0.700 bits per heavy atom. The molecule has 0 radical (unpaired) electrons. The Morgan fingerprint density at radius 3 is 1.43 bits per heavy atom. The lowest BCUT2D eigenvalue weighted by atomic mass is 10.0. The van der Waals surface area contributed by atoms with Crippen LogP contribution in [-0.4, -0.2) is 131 Å². The molecule has 0 bridgehead atoms. The quantitative estimate of drug-likeness (QED) is 0.0648. The first-order valence-electron chi connectivity index (χ1n) is 17.4. The molecule has 0 heterocycles. The minimum Gasteiger partial charge on any atom is -0.455 e. The highest BCUT2D eigenvalue weighted by atomic mass is 35.5. The number of benzene rings is 2. The molecule has 16 nitrogen and oxygen atoms in total. The first-order valence-corrected chi connectivity index (χ1v) is 24.1. The number of hydrogen-bond acceptors (Lipinski definition) is 14. The Bertz CT molecular complexity index is 1950. The largest absolute Gasteiger partial charge is 0.455 e. The van der Waals surface area contributed by atoms with Crippen molar-refractivity contribution in [3.05, 3.63) is 59.7 Å². The van der Waals surface area contributed by atoms with Crippen LogP contribution in [0.2, 0.25) is 0 Å². The van der Waals surface area contributed by atoms with E-state index in [9.17, 15) is 49.6 Å². The number of carbonyl (C=O) groups is 5. The maximum absolute atomic E-state index is 13.8. The number of nitrogens with one attached hydrogen (secondary N) is 4. The van der Waals surface area contributed by atoms with Gasteiger partial charge in [-0.15, -0.1) is 11.8 Å². The number of ether oxygens (including phenoxy) is 2. The number of amides is 3. The minimum atomic E-state index is -3.51. The van der Waals surface area contributed by atoms with E-state index in [0.717, 1.165) is 12.5 Å². The van der Waals surface area contributed by atoms with Gasteiger partial charge >= 0.3 is 11.9 Å². The van der Waals surface area contributed by atoms with E-state index in [4.69, 9.17) is 61.6 Å².